The van der Waals surface area contributed by atoms with Crippen LogP contribution in [0.4, 0.5) is 0 Å². The molecule has 1 aromatic heterocycles. The first-order valence-electron chi connectivity index (χ1n) is 4.91. The molecule has 6 nitrogen and oxygen atoms in total. The Labute approximate surface area is 89.1 Å². The van der Waals surface area contributed by atoms with Gasteiger partial charge in [0.2, 0.25) is 5.72 Å². The summed E-state index contributed by atoms with van der Waals surface area (Å²) in [6.07, 6.45) is 0. The molecule has 0 atom stereocenters. The van der Waals surface area contributed by atoms with E-state index in [1.54, 1.807) is 7.05 Å². The van der Waals surface area contributed by atoms with Gasteiger partial charge in [-0.2, -0.15) is 4.80 Å². The van der Waals surface area contributed by atoms with Gasteiger partial charge < -0.3 is 9.31 Å². The van der Waals surface area contributed by atoms with Crippen molar-refractivity contribution in [2.24, 2.45) is 7.05 Å². The highest BCUT2D eigenvalue weighted by molar-refractivity contribution is 6.60. The summed E-state index contributed by atoms with van der Waals surface area (Å²) in [7, 11) is 1.19. The van der Waals surface area contributed by atoms with Gasteiger partial charge in [0, 0.05) is 0 Å². The number of hydrogen-bond donors (Lipinski definition) is 0. The standard InChI is InChI=1S/C8H15BN4O2/c1-7(2)8(3,4)15-9(14-7)6-10-12-13(5)11-6/h1-5H3. The molecule has 0 saturated carbocycles. The van der Waals surface area contributed by atoms with Gasteiger partial charge in [-0.25, -0.2) is 0 Å². The fourth-order valence-electron chi connectivity index (χ4n) is 1.34. The molecule has 0 spiro atoms. The quantitative estimate of drug-likeness (QED) is 0.585. The molecule has 82 valence electrons. The highest BCUT2D eigenvalue weighted by atomic mass is 16.7. The van der Waals surface area contributed by atoms with Crippen molar-refractivity contribution in [3.8, 4) is 0 Å². The largest absolute Gasteiger partial charge is 0.539 e. The summed E-state index contributed by atoms with van der Waals surface area (Å²) < 4.78 is 11.5. The number of tetrazole rings is 1. The summed E-state index contributed by atoms with van der Waals surface area (Å²) in [5.41, 5.74) is -0.260. The Balaban J connectivity index is 2.23. The summed E-state index contributed by atoms with van der Waals surface area (Å²) >= 11 is 0. The molecule has 2 rings (SSSR count). The molecule has 2 heterocycles. The first-order valence-corrected chi connectivity index (χ1v) is 4.91. The van der Waals surface area contributed by atoms with E-state index in [0.29, 0.717) is 5.72 Å². The van der Waals surface area contributed by atoms with E-state index < -0.39 is 7.12 Å². The van der Waals surface area contributed by atoms with E-state index in [0.717, 1.165) is 0 Å². The van der Waals surface area contributed by atoms with Crippen molar-refractivity contribution in [2.45, 2.75) is 38.9 Å². The van der Waals surface area contributed by atoms with Crippen molar-refractivity contribution in [3.63, 3.8) is 0 Å². The lowest BCUT2D eigenvalue weighted by molar-refractivity contribution is 0.00578. The molecule has 0 amide bonds. The third-order valence-corrected chi connectivity index (χ3v) is 2.99. The number of aromatic nitrogens is 4. The molecule has 7 heteroatoms. The minimum absolute atomic E-state index is 0.364. The van der Waals surface area contributed by atoms with Crippen LogP contribution < -0.4 is 5.72 Å². The van der Waals surface area contributed by atoms with E-state index in [1.807, 2.05) is 27.7 Å². The zero-order valence-electron chi connectivity index (χ0n) is 9.68. The van der Waals surface area contributed by atoms with Crippen LogP contribution in [0.3, 0.4) is 0 Å². The third-order valence-electron chi connectivity index (χ3n) is 2.99. The highest BCUT2D eigenvalue weighted by Gasteiger charge is 2.53. The lowest BCUT2D eigenvalue weighted by Gasteiger charge is -2.32. The molecule has 1 fully saturated rings. The first kappa shape index (κ1) is 10.6. The second-order valence-electron chi connectivity index (χ2n) is 4.73. The second kappa shape index (κ2) is 3.02. The Hall–Kier alpha value is -0.945. The molecule has 1 saturated heterocycles. The molecular formula is C8H15BN4O2. The fraction of sp³-hybridized carbons (Fsp3) is 0.875. The first-order chi connectivity index (χ1) is 6.82. The van der Waals surface area contributed by atoms with Gasteiger partial charge in [-0.05, 0) is 32.9 Å². The van der Waals surface area contributed by atoms with Crippen LogP contribution in [0.5, 0.6) is 0 Å². The van der Waals surface area contributed by atoms with Gasteiger partial charge in [0.1, 0.15) is 0 Å². The highest BCUT2D eigenvalue weighted by Crippen LogP contribution is 2.35. The van der Waals surface area contributed by atoms with Gasteiger partial charge in [0.15, 0.2) is 0 Å². The minimum Gasteiger partial charge on any atom is -0.397 e. The third kappa shape index (κ3) is 1.65. The molecule has 1 aliphatic heterocycles. The lowest BCUT2D eigenvalue weighted by Crippen LogP contribution is -2.41. The van der Waals surface area contributed by atoms with E-state index >= 15 is 0 Å². The van der Waals surface area contributed by atoms with E-state index in [4.69, 9.17) is 9.31 Å². The van der Waals surface area contributed by atoms with Gasteiger partial charge in [-0.15, -0.1) is 10.2 Å². The number of nitrogens with zero attached hydrogens (tertiary/aromatic N) is 4. The van der Waals surface area contributed by atoms with Crippen molar-refractivity contribution in [3.05, 3.63) is 0 Å². The lowest BCUT2D eigenvalue weighted by atomic mass is 9.90. The van der Waals surface area contributed by atoms with Crippen LogP contribution in [-0.2, 0) is 16.4 Å². The summed E-state index contributed by atoms with van der Waals surface area (Å²) in [5, 5.41) is 11.7. The number of hydrogen-bond acceptors (Lipinski definition) is 5. The predicted octanol–water partition coefficient (Wildman–Crippen LogP) is -0.491. The SMILES string of the molecule is Cn1nnc(B2OC(C)(C)C(C)(C)O2)n1. The van der Waals surface area contributed by atoms with E-state index in [2.05, 4.69) is 15.4 Å². The van der Waals surface area contributed by atoms with Crippen molar-refractivity contribution < 1.29 is 9.31 Å². The molecule has 0 bridgehead atoms. The van der Waals surface area contributed by atoms with Gasteiger partial charge in [0.25, 0.3) is 0 Å². The normalized spacial score (nSPS) is 23.4. The zero-order valence-corrected chi connectivity index (χ0v) is 9.68. The molecule has 15 heavy (non-hydrogen) atoms. The molecule has 0 radical (unpaired) electrons. The fourth-order valence-corrected chi connectivity index (χ4v) is 1.34. The molecule has 0 unspecified atom stereocenters. The topological polar surface area (TPSA) is 62.1 Å². The second-order valence-corrected chi connectivity index (χ2v) is 4.73. The molecule has 1 aromatic rings. The Bertz CT molecular complexity index is 360. The van der Waals surface area contributed by atoms with E-state index in [1.165, 1.54) is 4.80 Å². The summed E-state index contributed by atoms with van der Waals surface area (Å²) in [5.74, 6) is 0. The summed E-state index contributed by atoms with van der Waals surface area (Å²) in [4.78, 5) is 1.39. The van der Waals surface area contributed by atoms with Crippen molar-refractivity contribution >= 4 is 12.8 Å². The summed E-state index contributed by atoms with van der Waals surface area (Å²) in [6.45, 7) is 7.96. The Morgan fingerprint density at radius 1 is 1.13 bits per heavy atom. The molecule has 0 aliphatic carbocycles. The van der Waals surface area contributed by atoms with Crippen LogP contribution >= 0.6 is 0 Å². The average molecular weight is 210 g/mol. The maximum atomic E-state index is 5.76. The van der Waals surface area contributed by atoms with Crippen molar-refractivity contribution in [2.75, 3.05) is 0 Å². The average Bonchev–Trinajstić information content (AvgIpc) is 2.56. The van der Waals surface area contributed by atoms with Crippen molar-refractivity contribution in [1.29, 1.82) is 0 Å². The van der Waals surface area contributed by atoms with Crippen LogP contribution in [-0.4, -0.2) is 38.5 Å². The Kier molecular flexibility index (Phi) is 2.13. The van der Waals surface area contributed by atoms with E-state index in [-0.39, 0.29) is 11.2 Å². The Morgan fingerprint density at radius 3 is 2.07 bits per heavy atom. The van der Waals surface area contributed by atoms with Crippen LogP contribution in [0.25, 0.3) is 0 Å². The Morgan fingerprint density at radius 2 is 1.67 bits per heavy atom. The van der Waals surface area contributed by atoms with Crippen LogP contribution in [0, 0.1) is 0 Å². The molecular weight excluding hydrogens is 195 g/mol. The maximum absolute atomic E-state index is 5.76. The monoisotopic (exact) mass is 210 g/mol. The molecule has 1 aliphatic rings. The predicted molar refractivity (Wildman–Crippen MR) is 54.5 cm³/mol. The molecule has 0 aromatic carbocycles. The number of rotatable bonds is 1. The maximum Gasteiger partial charge on any atom is 0.539 e. The van der Waals surface area contributed by atoms with Gasteiger partial charge in [-0.3, -0.25) is 0 Å². The van der Waals surface area contributed by atoms with Gasteiger partial charge in [0.05, 0.1) is 18.2 Å². The smallest absolute Gasteiger partial charge is 0.397 e. The van der Waals surface area contributed by atoms with Crippen LogP contribution in [0.15, 0.2) is 0 Å². The van der Waals surface area contributed by atoms with Crippen LogP contribution in [0.2, 0.25) is 0 Å². The van der Waals surface area contributed by atoms with Crippen molar-refractivity contribution in [1.82, 2.24) is 20.2 Å². The zero-order chi connectivity index (χ0) is 11.3. The van der Waals surface area contributed by atoms with E-state index in [9.17, 15) is 0 Å². The number of aryl methyl sites for hydroxylation is 1. The summed E-state index contributed by atoms with van der Waals surface area (Å²) in [6, 6.07) is 0. The van der Waals surface area contributed by atoms with Gasteiger partial charge >= 0.3 is 7.12 Å². The minimum atomic E-state index is -0.524. The van der Waals surface area contributed by atoms with Crippen LogP contribution in [0.1, 0.15) is 27.7 Å². The van der Waals surface area contributed by atoms with Gasteiger partial charge in [-0.1, -0.05) is 0 Å². The molecule has 0 N–H and O–H groups in total.